The highest BCUT2D eigenvalue weighted by molar-refractivity contribution is 7.90. The van der Waals surface area contributed by atoms with E-state index >= 15 is 0 Å². The number of sulfonamides is 1. The number of carbonyl (C=O) groups is 2. The van der Waals surface area contributed by atoms with Crippen LogP contribution in [0.5, 0.6) is 0 Å². The molecule has 2 heterocycles. The first-order valence-electron chi connectivity index (χ1n) is 14.9. The summed E-state index contributed by atoms with van der Waals surface area (Å²) < 4.78 is 30.4. The zero-order chi connectivity index (χ0) is 33.0. The molecule has 12 heteroatoms. The van der Waals surface area contributed by atoms with Crippen molar-refractivity contribution in [2.45, 2.75) is 51.1 Å². The Morgan fingerprint density at radius 3 is 2.33 bits per heavy atom. The Balaban J connectivity index is 1.44. The van der Waals surface area contributed by atoms with E-state index in [9.17, 15) is 22.8 Å². The van der Waals surface area contributed by atoms with Crippen molar-refractivity contribution in [3.8, 4) is 11.1 Å². The predicted octanol–water partition coefficient (Wildman–Crippen LogP) is 6.12. The van der Waals surface area contributed by atoms with E-state index < -0.39 is 15.9 Å². The quantitative estimate of drug-likeness (QED) is 0.186. The summed E-state index contributed by atoms with van der Waals surface area (Å²) in [6.07, 6.45) is 1.38. The Morgan fingerprint density at radius 2 is 1.65 bits per heavy atom. The molecule has 10 nitrogen and oxygen atoms in total. The second kappa shape index (κ2) is 13.7. The third-order valence-corrected chi connectivity index (χ3v) is 9.89. The van der Waals surface area contributed by atoms with Crippen molar-refractivity contribution >= 4 is 49.2 Å². The second-order valence-electron chi connectivity index (χ2n) is 11.1. The summed E-state index contributed by atoms with van der Waals surface area (Å²) >= 11 is 1.32. The van der Waals surface area contributed by atoms with Crippen LogP contribution in [-0.2, 0) is 23.0 Å². The van der Waals surface area contributed by atoms with Gasteiger partial charge in [-0.25, -0.2) is 22.9 Å². The first-order valence-corrected chi connectivity index (χ1v) is 17.2. The average molecular weight is 658 g/mol. The van der Waals surface area contributed by atoms with E-state index in [1.165, 1.54) is 17.4 Å². The van der Waals surface area contributed by atoms with Gasteiger partial charge in [0.15, 0.2) is 0 Å². The van der Waals surface area contributed by atoms with Gasteiger partial charge in [0.05, 0.1) is 17.1 Å². The molecule has 0 aliphatic carbocycles. The van der Waals surface area contributed by atoms with Crippen molar-refractivity contribution < 1.29 is 18.0 Å². The number of fused-ring (bicyclic) bond motifs is 1. The van der Waals surface area contributed by atoms with Crippen LogP contribution in [0, 0.1) is 0 Å². The van der Waals surface area contributed by atoms with Crippen LogP contribution in [0.25, 0.3) is 21.3 Å². The number of amides is 3. The minimum Gasteiger partial charge on any atom is -0.325 e. The fraction of sp³-hybridized carbons (Fsp3) is 0.235. The smallest absolute Gasteiger partial charge is 0.321 e. The maximum Gasteiger partial charge on any atom is 0.321 e. The number of aromatic nitrogens is 2. The van der Waals surface area contributed by atoms with E-state index in [2.05, 4.69) is 10.0 Å². The van der Waals surface area contributed by atoms with Crippen LogP contribution in [0.1, 0.15) is 48.9 Å². The molecule has 0 spiro atoms. The van der Waals surface area contributed by atoms with Crippen molar-refractivity contribution in [2.24, 2.45) is 0 Å². The first kappa shape index (κ1) is 32.6. The number of hydrogen-bond donors (Lipinski definition) is 2. The minimum atomic E-state index is -4.19. The molecule has 0 fully saturated rings. The average Bonchev–Trinajstić information content (AvgIpc) is 3.45. The van der Waals surface area contributed by atoms with E-state index in [4.69, 9.17) is 4.98 Å². The highest BCUT2D eigenvalue weighted by Gasteiger charge is 2.23. The molecule has 2 aromatic heterocycles. The van der Waals surface area contributed by atoms with E-state index in [1.807, 2.05) is 32.9 Å². The number of benzene rings is 3. The number of urea groups is 1. The molecule has 0 bridgehead atoms. The lowest BCUT2D eigenvalue weighted by Gasteiger charge is -2.21. The van der Waals surface area contributed by atoms with Crippen LogP contribution in [0.15, 0.2) is 93.9 Å². The zero-order valence-electron chi connectivity index (χ0n) is 26.0. The van der Waals surface area contributed by atoms with Crippen molar-refractivity contribution in [1.82, 2.24) is 19.2 Å². The molecule has 0 atom stereocenters. The molecule has 238 valence electrons. The lowest BCUT2D eigenvalue weighted by Crippen LogP contribution is -2.36. The van der Waals surface area contributed by atoms with Gasteiger partial charge in [-0.05, 0) is 49.6 Å². The van der Waals surface area contributed by atoms with Crippen LogP contribution in [0.4, 0.5) is 10.5 Å². The number of carbonyl (C=O) groups excluding carboxylic acids is 2. The van der Waals surface area contributed by atoms with Crippen LogP contribution >= 0.6 is 11.3 Å². The molecule has 46 heavy (non-hydrogen) atoms. The van der Waals surface area contributed by atoms with Gasteiger partial charge in [-0.1, -0.05) is 67.6 Å². The van der Waals surface area contributed by atoms with Crippen LogP contribution in [0.3, 0.4) is 0 Å². The van der Waals surface area contributed by atoms with Crippen molar-refractivity contribution in [2.75, 3.05) is 12.4 Å². The summed E-state index contributed by atoms with van der Waals surface area (Å²) in [6, 6.07) is 21.5. The van der Waals surface area contributed by atoms with Crippen molar-refractivity contribution in [1.29, 1.82) is 0 Å². The molecule has 3 aromatic carbocycles. The number of thiophene rings is 1. The third-order valence-electron chi connectivity index (χ3n) is 7.63. The number of nitrogens with one attached hydrogen (secondary N) is 2. The molecule has 0 unspecified atom stereocenters. The Bertz CT molecular complexity index is 2050. The highest BCUT2D eigenvalue weighted by atomic mass is 32.2. The molecule has 2 N–H and O–H groups in total. The van der Waals surface area contributed by atoms with E-state index in [-0.39, 0.29) is 34.6 Å². The van der Waals surface area contributed by atoms with Gasteiger partial charge in [-0.2, -0.15) is 0 Å². The highest BCUT2D eigenvalue weighted by Crippen LogP contribution is 2.29. The maximum absolute atomic E-state index is 13.9. The lowest BCUT2D eigenvalue weighted by atomic mass is 10.0. The number of anilines is 1. The Kier molecular flexibility index (Phi) is 9.68. The number of hydrogen-bond acceptors (Lipinski definition) is 7. The molecule has 3 amide bonds. The number of nitrogens with zero attached hydrogens (tertiary/aromatic N) is 3. The number of rotatable bonds is 10. The summed E-state index contributed by atoms with van der Waals surface area (Å²) in [5.41, 5.74) is 2.29. The molecule has 0 aliphatic heterocycles. The molecule has 0 saturated carbocycles. The number of aryl methyl sites for hydroxylation is 1. The molecule has 0 saturated heterocycles. The second-order valence-corrected chi connectivity index (χ2v) is 13.6. The van der Waals surface area contributed by atoms with E-state index in [1.54, 1.807) is 82.6 Å². The predicted molar refractivity (Wildman–Crippen MR) is 182 cm³/mol. The maximum atomic E-state index is 13.9. The standard InChI is InChI=1S/C34H35N5O5S2/c1-5-11-29-36-32-30(27(21-45-32)35-34(42)38(4)22(2)3)33(41)39(29)20-23-16-18-24(19-17-23)26-14-9-10-15-28(26)46(43,44)37-31(40)25-12-7-6-8-13-25/h6-10,12-19,21-22H,5,11,20H2,1-4H3,(H,35,42)(H,37,40). The largest absolute Gasteiger partial charge is 0.325 e. The van der Waals surface area contributed by atoms with Gasteiger partial charge in [-0.15, -0.1) is 11.3 Å². The van der Waals surface area contributed by atoms with Crippen molar-refractivity contribution in [3.63, 3.8) is 0 Å². The third kappa shape index (κ3) is 6.87. The van der Waals surface area contributed by atoms with Gasteiger partial charge in [0.2, 0.25) is 0 Å². The van der Waals surface area contributed by atoms with Crippen LogP contribution < -0.4 is 15.6 Å². The summed E-state index contributed by atoms with van der Waals surface area (Å²) in [7, 11) is -2.49. The van der Waals surface area contributed by atoms with Gasteiger partial charge >= 0.3 is 6.03 Å². The fourth-order valence-corrected chi connectivity index (χ4v) is 7.00. The first-order chi connectivity index (χ1) is 22.0. The molecule has 0 aliphatic rings. The Morgan fingerprint density at radius 1 is 0.978 bits per heavy atom. The molecule has 5 rings (SSSR count). The topological polar surface area (TPSA) is 130 Å². The van der Waals surface area contributed by atoms with Crippen LogP contribution in [0.2, 0.25) is 0 Å². The van der Waals surface area contributed by atoms with Gasteiger partial charge in [0, 0.05) is 36.0 Å². The molecular formula is C34H35N5O5S2. The summed E-state index contributed by atoms with van der Waals surface area (Å²) in [5, 5.41) is 4.97. The van der Waals surface area contributed by atoms with E-state index in [0.717, 1.165) is 12.0 Å². The van der Waals surface area contributed by atoms with E-state index in [0.29, 0.717) is 39.3 Å². The monoisotopic (exact) mass is 657 g/mol. The molecular weight excluding hydrogens is 623 g/mol. The van der Waals surface area contributed by atoms with Crippen LogP contribution in [-0.4, -0.2) is 47.9 Å². The summed E-state index contributed by atoms with van der Waals surface area (Å²) in [6.45, 7) is 6.07. The van der Waals surface area contributed by atoms with Gasteiger partial charge in [-0.3, -0.25) is 14.2 Å². The summed E-state index contributed by atoms with van der Waals surface area (Å²) in [5.74, 6) is -0.0707. The normalized spacial score (nSPS) is 11.5. The summed E-state index contributed by atoms with van der Waals surface area (Å²) in [4.78, 5) is 46.2. The molecule has 0 radical (unpaired) electrons. The van der Waals surface area contributed by atoms with Gasteiger partial charge < -0.3 is 10.2 Å². The fourth-order valence-electron chi connectivity index (χ4n) is 4.91. The Labute approximate surface area is 271 Å². The van der Waals surface area contributed by atoms with Gasteiger partial charge in [0.25, 0.3) is 21.5 Å². The van der Waals surface area contributed by atoms with Gasteiger partial charge in [0.1, 0.15) is 16.0 Å². The zero-order valence-corrected chi connectivity index (χ0v) is 27.6. The Hall–Kier alpha value is -4.81. The SMILES string of the molecule is CCCc1nc2scc(NC(=O)N(C)C(C)C)c2c(=O)n1Cc1ccc(-c2ccccc2S(=O)(=O)NC(=O)c2ccccc2)cc1. The lowest BCUT2D eigenvalue weighted by molar-refractivity contribution is 0.0981. The van der Waals surface area contributed by atoms with Crippen molar-refractivity contribution in [3.05, 3.63) is 112 Å². The minimum absolute atomic E-state index is 0.0149. The molecule has 5 aromatic rings.